The third kappa shape index (κ3) is 4.64. The van der Waals surface area contributed by atoms with Gasteiger partial charge in [-0.2, -0.15) is 13.2 Å². The van der Waals surface area contributed by atoms with Crippen molar-refractivity contribution in [1.82, 2.24) is 10.2 Å². The highest BCUT2D eigenvalue weighted by Gasteiger charge is 2.39. The number of ether oxygens (including phenoxy) is 2. The molecule has 140 valence electrons. The van der Waals surface area contributed by atoms with Crippen molar-refractivity contribution in [2.45, 2.75) is 12.4 Å². The fourth-order valence-corrected chi connectivity index (χ4v) is 2.79. The quantitative estimate of drug-likeness (QED) is 0.881. The Morgan fingerprint density at radius 2 is 1.85 bits per heavy atom. The minimum atomic E-state index is -4.92. The highest BCUT2D eigenvalue weighted by atomic mass is 19.4. The lowest BCUT2D eigenvalue weighted by atomic mass is 10.1. The lowest BCUT2D eigenvalue weighted by molar-refractivity contribution is -0.174. The normalized spacial score (nSPS) is 17.0. The maximum absolute atomic E-state index is 12.5. The SMILES string of the molecule is O=C(NCC(Oc1ccc2ccccc2c1)N1CCOCC1)C(F)(F)F. The van der Waals surface area contributed by atoms with Crippen molar-refractivity contribution < 1.29 is 27.4 Å². The molecule has 1 saturated heterocycles. The third-order valence-corrected chi connectivity index (χ3v) is 4.14. The predicted octanol–water partition coefficient (Wildman–Crippen LogP) is 2.56. The summed E-state index contributed by atoms with van der Waals surface area (Å²) in [4.78, 5) is 13.0. The lowest BCUT2D eigenvalue weighted by Gasteiger charge is -2.34. The van der Waals surface area contributed by atoms with Gasteiger partial charge in [-0.15, -0.1) is 0 Å². The summed E-state index contributed by atoms with van der Waals surface area (Å²) in [6.07, 6.45) is -5.63. The van der Waals surface area contributed by atoms with Crippen molar-refractivity contribution >= 4 is 16.7 Å². The number of fused-ring (bicyclic) bond motifs is 1. The number of carbonyl (C=O) groups is 1. The minimum Gasteiger partial charge on any atom is -0.473 e. The summed E-state index contributed by atoms with van der Waals surface area (Å²) in [5.41, 5.74) is 0. The van der Waals surface area contributed by atoms with E-state index in [0.717, 1.165) is 10.8 Å². The molecule has 2 aromatic rings. The second kappa shape index (κ2) is 7.92. The van der Waals surface area contributed by atoms with Gasteiger partial charge in [-0.05, 0) is 22.9 Å². The van der Waals surface area contributed by atoms with Crippen molar-refractivity contribution in [2.24, 2.45) is 0 Å². The van der Waals surface area contributed by atoms with E-state index in [-0.39, 0.29) is 6.54 Å². The lowest BCUT2D eigenvalue weighted by Crippen LogP contribution is -2.53. The van der Waals surface area contributed by atoms with E-state index >= 15 is 0 Å². The Balaban J connectivity index is 1.74. The van der Waals surface area contributed by atoms with Gasteiger partial charge in [0.15, 0.2) is 6.23 Å². The van der Waals surface area contributed by atoms with Gasteiger partial charge in [0, 0.05) is 13.1 Å². The molecule has 0 spiro atoms. The average Bonchev–Trinajstić information content (AvgIpc) is 2.64. The van der Waals surface area contributed by atoms with Crippen LogP contribution in [0.5, 0.6) is 5.75 Å². The Morgan fingerprint density at radius 1 is 1.15 bits per heavy atom. The molecule has 0 saturated carbocycles. The Labute approximate surface area is 148 Å². The first-order valence-electron chi connectivity index (χ1n) is 8.26. The number of alkyl halides is 3. The van der Waals surface area contributed by atoms with E-state index in [4.69, 9.17) is 9.47 Å². The maximum Gasteiger partial charge on any atom is 0.471 e. The van der Waals surface area contributed by atoms with Gasteiger partial charge in [-0.3, -0.25) is 9.69 Å². The zero-order chi connectivity index (χ0) is 18.6. The Bertz CT molecular complexity index is 761. The molecule has 5 nitrogen and oxygen atoms in total. The fourth-order valence-electron chi connectivity index (χ4n) is 2.79. The number of amides is 1. The molecule has 1 fully saturated rings. The molecule has 3 rings (SSSR count). The van der Waals surface area contributed by atoms with Gasteiger partial charge >= 0.3 is 12.1 Å². The second-order valence-corrected chi connectivity index (χ2v) is 5.94. The van der Waals surface area contributed by atoms with E-state index in [1.807, 2.05) is 46.6 Å². The molecule has 0 aliphatic carbocycles. The van der Waals surface area contributed by atoms with Crippen LogP contribution in [-0.2, 0) is 9.53 Å². The van der Waals surface area contributed by atoms with Gasteiger partial charge in [0.25, 0.3) is 0 Å². The monoisotopic (exact) mass is 368 g/mol. The van der Waals surface area contributed by atoms with E-state index in [9.17, 15) is 18.0 Å². The van der Waals surface area contributed by atoms with Crippen LogP contribution >= 0.6 is 0 Å². The van der Waals surface area contributed by atoms with Gasteiger partial charge in [0.1, 0.15) is 5.75 Å². The molecule has 0 radical (unpaired) electrons. The van der Waals surface area contributed by atoms with Crippen molar-refractivity contribution in [3.8, 4) is 5.75 Å². The Kier molecular flexibility index (Phi) is 5.63. The molecular weight excluding hydrogens is 349 g/mol. The summed E-state index contributed by atoms with van der Waals surface area (Å²) in [6, 6.07) is 13.2. The van der Waals surface area contributed by atoms with Crippen LogP contribution in [0.3, 0.4) is 0 Å². The molecule has 1 aliphatic heterocycles. The van der Waals surface area contributed by atoms with Crippen LogP contribution in [0.25, 0.3) is 10.8 Å². The van der Waals surface area contributed by atoms with Crippen LogP contribution in [0.4, 0.5) is 13.2 Å². The number of benzene rings is 2. The van der Waals surface area contributed by atoms with Crippen molar-refractivity contribution in [3.63, 3.8) is 0 Å². The number of nitrogens with zero attached hydrogens (tertiary/aromatic N) is 1. The fraction of sp³-hybridized carbons (Fsp3) is 0.389. The topological polar surface area (TPSA) is 50.8 Å². The first-order chi connectivity index (χ1) is 12.4. The summed E-state index contributed by atoms with van der Waals surface area (Å²) in [6.45, 7) is 1.68. The number of carbonyl (C=O) groups excluding carboxylic acids is 1. The summed E-state index contributed by atoms with van der Waals surface area (Å²) < 4.78 is 48.6. The van der Waals surface area contributed by atoms with E-state index < -0.39 is 18.3 Å². The van der Waals surface area contributed by atoms with E-state index in [2.05, 4.69) is 0 Å². The molecule has 1 unspecified atom stereocenters. The number of halogens is 3. The highest BCUT2D eigenvalue weighted by Crippen LogP contribution is 2.22. The van der Waals surface area contributed by atoms with Gasteiger partial charge < -0.3 is 14.8 Å². The molecule has 1 amide bonds. The number of nitrogens with one attached hydrogen (secondary N) is 1. The Morgan fingerprint density at radius 3 is 2.54 bits per heavy atom. The van der Waals surface area contributed by atoms with Crippen LogP contribution in [-0.4, -0.2) is 56.1 Å². The molecule has 1 heterocycles. The van der Waals surface area contributed by atoms with Crippen LogP contribution in [0.1, 0.15) is 0 Å². The largest absolute Gasteiger partial charge is 0.473 e. The molecule has 26 heavy (non-hydrogen) atoms. The molecular formula is C18H19F3N2O3. The van der Waals surface area contributed by atoms with Gasteiger partial charge in [-0.1, -0.05) is 30.3 Å². The summed E-state index contributed by atoms with van der Waals surface area (Å²) >= 11 is 0. The first kappa shape index (κ1) is 18.5. The van der Waals surface area contributed by atoms with Crippen LogP contribution in [0, 0.1) is 0 Å². The van der Waals surface area contributed by atoms with Crippen molar-refractivity contribution in [3.05, 3.63) is 42.5 Å². The highest BCUT2D eigenvalue weighted by molar-refractivity contribution is 5.83. The zero-order valence-corrected chi connectivity index (χ0v) is 14.0. The van der Waals surface area contributed by atoms with Crippen LogP contribution in [0.2, 0.25) is 0 Å². The molecule has 2 aromatic carbocycles. The number of hydrogen-bond donors (Lipinski definition) is 1. The van der Waals surface area contributed by atoms with Gasteiger partial charge in [0.05, 0.1) is 19.8 Å². The minimum absolute atomic E-state index is 0.273. The van der Waals surface area contributed by atoms with E-state index in [1.54, 1.807) is 6.07 Å². The molecule has 0 aromatic heterocycles. The van der Waals surface area contributed by atoms with Gasteiger partial charge in [0.2, 0.25) is 0 Å². The Hall–Kier alpha value is -2.32. The summed E-state index contributed by atoms with van der Waals surface area (Å²) in [7, 11) is 0. The molecule has 1 N–H and O–H groups in total. The molecule has 8 heteroatoms. The van der Waals surface area contributed by atoms with Crippen molar-refractivity contribution in [1.29, 1.82) is 0 Å². The molecule has 0 bridgehead atoms. The maximum atomic E-state index is 12.5. The molecule has 1 atom stereocenters. The van der Waals surface area contributed by atoms with Crippen molar-refractivity contribution in [2.75, 3.05) is 32.8 Å². The number of hydrogen-bond acceptors (Lipinski definition) is 4. The molecule has 1 aliphatic rings. The smallest absolute Gasteiger partial charge is 0.471 e. The third-order valence-electron chi connectivity index (χ3n) is 4.14. The van der Waals surface area contributed by atoms with E-state index in [0.29, 0.717) is 32.1 Å². The average molecular weight is 368 g/mol. The van der Waals surface area contributed by atoms with Crippen LogP contribution < -0.4 is 10.1 Å². The summed E-state index contributed by atoms with van der Waals surface area (Å²) in [5, 5.41) is 3.90. The van der Waals surface area contributed by atoms with Gasteiger partial charge in [-0.25, -0.2) is 0 Å². The first-order valence-corrected chi connectivity index (χ1v) is 8.26. The van der Waals surface area contributed by atoms with E-state index in [1.165, 1.54) is 0 Å². The van der Waals surface area contributed by atoms with Crippen LogP contribution in [0.15, 0.2) is 42.5 Å². The number of morpholine rings is 1. The standard InChI is InChI=1S/C18H19F3N2O3/c19-18(20,21)17(24)22-12-16(23-7-9-25-10-8-23)26-15-6-5-13-3-1-2-4-14(13)11-15/h1-6,11,16H,7-10,12H2,(H,22,24). The zero-order valence-electron chi connectivity index (χ0n) is 14.0. The predicted molar refractivity (Wildman–Crippen MR) is 89.8 cm³/mol. The second-order valence-electron chi connectivity index (χ2n) is 5.94. The number of rotatable bonds is 5. The summed E-state index contributed by atoms with van der Waals surface area (Å²) in [5.74, 6) is -1.45.